The number of benzene rings is 1. The van der Waals surface area contributed by atoms with Crippen molar-refractivity contribution in [3.05, 3.63) is 42.5 Å². The number of rotatable bonds is 5. The number of para-hydroxylation sites is 2. The molecule has 1 heterocycles. The molecule has 2 aromatic rings. The Morgan fingerprint density at radius 3 is 2.94 bits per heavy atom. The molecule has 0 radical (unpaired) electrons. The first kappa shape index (κ1) is 11.5. The zero-order valence-corrected chi connectivity index (χ0v) is 10.2. The molecule has 0 aliphatic carbocycles. The van der Waals surface area contributed by atoms with Crippen LogP contribution in [0.1, 0.15) is 12.7 Å². The largest absolute Gasteiger partial charge is 0.495 e. The summed E-state index contributed by atoms with van der Waals surface area (Å²) in [6.07, 6.45) is 3.81. The lowest BCUT2D eigenvalue weighted by Gasteiger charge is -2.11. The first-order valence-electron chi connectivity index (χ1n) is 5.72. The molecular formula is C13H17N3O. The van der Waals surface area contributed by atoms with Gasteiger partial charge in [-0.15, -0.1) is 0 Å². The minimum Gasteiger partial charge on any atom is -0.495 e. The van der Waals surface area contributed by atoms with Crippen molar-refractivity contribution in [2.45, 2.75) is 20.0 Å². The monoisotopic (exact) mass is 231 g/mol. The van der Waals surface area contributed by atoms with E-state index < -0.39 is 0 Å². The second-order valence-electron chi connectivity index (χ2n) is 3.68. The maximum atomic E-state index is 5.28. The third-order valence-electron chi connectivity index (χ3n) is 2.69. The average Bonchev–Trinajstić information content (AvgIpc) is 2.84. The van der Waals surface area contributed by atoms with Gasteiger partial charge in [0.15, 0.2) is 0 Å². The summed E-state index contributed by atoms with van der Waals surface area (Å²) in [7, 11) is 1.67. The molecule has 0 atom stereocenters. The number of methoxy groups -OCH3 is 1. The number of aromatic nitrogens is 2. The Bertz CT molecular complexity index is 479. The first-order chi connectivity index (χ1) is 8.35. The van der Waals surface area contributed by atoms with Crippen LogP contribution in [-0.2, 0) is 13.1 Å². The van der Waals surface area contributed by atoms with E-state index in [9.17, 15) is 0 Å². The SMILES string of the molecule is CCn1ccnc1CNc1ccccc1OC. The van der Waals surface area contributed by atoms with Gasteiger partial charge in [0.25, 0.3) is 0 Å². The van der Waals surface area contributed by atoms with E-state index in [0.29, 0.717) is 6.54 Å². The molecule has 90 valence electrons. The van der Waals surface area contributed by atoms with Crippen molar-refractivity contribution in [3.8, 4) is 5.75 Å². The summed E-state index contributed by atoms with van der Waals surface area (Å²) in [4.78, 5) is 4.32. The summed E-state index contributed by atoms with van der Waals surface area (Å²) in [6.45, 7) is 3.73. The Kier molecular flexibility index (Phi) is 3.65. The normalized spacial score (nSPS) is 10.2. The molecule has 0 aliphatic rings. The van der Waals surface area contributed by atoms with Crippen LogP contribution in [0.3, 0.4) is 0 Å². The maximum absolute atomic E-state index is 5.28. The molecule has 0 aliphatic heterocycles. The van der Waals surface area contributed by atoms with Crippen LogP contribution >= 0.6 is 0 Å². The van der Waals surface area contributed by atoms with Gasteiger partial charge in [0.2, 0.25) is 0 Å². The molecule has 0 saturated carbocycles. The molecule has 0 unspecified atom stereocenters. The lowest BCUT2D eigenvalue weighted by molar-refractivity contribution is 0.416. The molecule has 17 heavy (non-hydrogen) atoms. The fourth-order valence-corrected chi connectivity index (χ4v) is 1.76. The Hall–Kier alpha value is -1.97. The molecule has 2 rings (SSSR count). The summed E-state index contributed by atoms with van der Waals surface area (Å²) in [5.41, 5.74) is 0.987. The number of nitrogens with zero attached hydrogens (tertiary/aromatic N) is 2. The Morgan fingerprint density at radius 1 is 1.35 bits per heavy atom. The smallest absolute Gasteiger partial charge is 0.141 e. The fourth-order valence-electron chi connectivity index (χ4n) is 1.76. The third-order valence-corrected chi connectivity index (χ3v) is 2.69. The van der Waals surface area contributed by atoms with E-state index in [0.717, 1.165) is 23.8 Å². The summed E-state index contributed by atoms with van der Waals surface area (Å²) in [6, 6.07) is 7.88. The van der Waals surface area contributed by atoms with Crippen molar-refractivity contribution in [2.24, 2.45) is 0 Å². The highest BCUT2D eigenvalue weighted by Gasteiger charge is 2.03. The molecule has 4 nitrogen and oxygen atoms in total. The van der Waals surface area contributed by atoms with Crippen LogP contribution in [0.4, 0.5) is 5.69 Å². The predicted octanol–water partition coefficient (Wildman–Crippen LogP) is 2.52. The van der Waals surface area contributed by atoms with Gasteiger partial charge in [-0.05, 0) is 19.1 Å². The summed E-state index contributed by atoms with van der Waals surface area (Å²) in [5.74, 6) is 1.88. The van der Waals surface area contributed by atoms with Crippen LogP contribution in [0.15, 0.2) is 36.7 Å². The first-order valence-corrected chi connectivity index (χ1v) is 5.72. The van der Waals surface area contributed by atoms with Gasteiger partial charge < -0.3 is 14.6 Å². The summed E-state index contributed by atoms with van der Waals surface area (Å²) >= 11 is 0. The molecule has 1 aromatic heterocycles. The number of hydrogen-bond donors (Lipinski definition) is 1. The number of nitrogens with one attached hydrogen (secondary N) is 1. The lowest BCUT2D eigenvalue weighted by Crippen LogP contribution is -2.08. The second kappa shape index (κ2) is 5.39. The van der Waals surface area contributed by atoms with E-state index in [1.165, 1.54) is 0 Å². The highest BCUT2D eigenvalue weighted by atomic mass is 16.5. The molecule has 0 bridgehead atoms. The van der Waals surface area contributed by atoms with Gasteiger partial charge in [0, 0.05) is 18.9 Å². The molecule has 0 fully saturated rings. The van der Waals surface area contributed by atoms with Gasteiger partial charge in [-0.1, -0.05) is 12.1 Å². The second-order valence-corrected chi connectivity index (χ2v) is 3.68. The van der Waals surface area contributed by atoms with Crippen LogP contribution in [0.2, 0.25) is 0 Å². The van der Waals surface area contributed by atoms with Crippen LogP contribution in [0.25, 0.3) is 0 Å². The van der Waals surface area contributed by atoms with Gasteiger partial charge in [-0.25, -0.2) is 4.98 Å². The highest BCUT2D eigenvalue weighted by molar-refractivity contribution is 5.56. The van der Waals surface area contributed by atoms with E-state index in [2.05, 4.69) is 21.8 Å². The van der Waals surface area contributed by atoms with E-state index in [1.807, 2.05) is 36.7 Å². The van der Waals surface area contributed by atoms with Crippen LogP contribution in [0, 0.1) is 0 Å². The van der Waals surface area contributed by atoms with Crippen molar-refractivity contribution in [3.63, 3.8) is 0 Å². The van der Waals surface area contributed by atoms with Gasteiger partial charge in [0.05, 0.1) is 19.3 Å². The van der Waals surface area contributed by atoms with Crippen LogP contribution in [0.5, 0.6) is 5.75 Å². The molecule has 0 amide bonds. The van der Waals surface area contributed by atoms with Crippen LogP contribution < -0.4 is 10.1 Å². The molecule has 0 spiro atoms. The molecule has 4 heteroatoms. The molecule has 1 aromatic carbocycles. The highest BCUT2D eigenvalue weighted by Crippen LogP contribution is 2.23. The van der Waals surface area contributed by atoms with Crippen molar-refractivity contribution >= 4 is 5.69 Å². The molecular weight excluding hydrogens is 214 g/mol. The standard InChI is InChI=1S/C13H17N3O/c1-3-16-9-8-14-13(16)10-15-11-6-4-5-7-12(11)17-2/h4-9,15H,3,10H2,1-2H3. The van der Waals surface area contributed by atoms with E-state index in [1.54, 1.807) is 7.11 Å². The third kappa shape index (κ3) is 2.58. The zero-order chi connectivity index (χ0) is 12.1. The lowest BCUT2D eigenvalue weighted by atomic mass is 10.3. The van der Waals surface area contributed by atoms with Crippen molar-refractivity contribution in [2.75, 3.05) is 12.4 Å². The number of imidazole rings is 1. The number of aryl methyl sites for hydroxylation is 1. The minimum atomic E-state index is 0.696. The Labute approximate surface area is 101 Å². The summed E-state index contributed by atoms with van der Waals surface area (Å²) < 4.78 is 7.40. The van der Waals surface area contributed by atoms with E-state index in [-0.39, 0.29) is 0 Å². The Morgan fingerprint density at radius 2 is 2.18 bits per heavy atom. The number of ether oxygens (including phenoxy) is 1. The van der Waals surface area contributed by atoms with E-state index in [4.69, 9.17) is 4.74 Å². The fraction of sp³-hybridized carbons (Fsp3) is 0.308. The van der Waals surface area contributed by atoms with Crippen molar-refractivity contribution in [1.82, 2.24) is 9.55 Å². The summed E-state index contributed by atoms with van der Waals surface area (Å²) in [5, 5.41) is 3.33. The van der Waals surface area contributed by atoms with Gasteiger partial charge >= 0.3 is 0 Å². The maximum Gasteiger partial charge on any atom is 0.141 e. The minimum absolute atomic E-state index is 0.696. The van der Waals surface area contributed by atoms with Crippen molar-refractivity contribution in [1.29, 1.82) is 0 Å². The van der Waals surface area contributed by atoms with Gasteiger partial charge in [0.1, 0.15) is 11.6 Å². The number of anilines is 1. The zero-order valence-electron chi connectivity index (χ0n) is 10.2. The van der Waals surface area contributed by atoms with Gasteiger partial charge in [-0.2, -0.15) is 0 Å². The topological polar surface area (TPSA) is 39.1 Å². The number of hydrogen-bond acceptors (Lipinski definition) is 3. The Balaban J connectivity index is 2.07. The van der Waals surface area contributed by atoms with Gasteiger partial charge in [-0.3, -0.25) is 0 Å². The predicted molar refractivity (Wildman–Crippen MR) is 68.2 cm³/mol. The van der Waals surface area contributed by atoms with Crippen molar-refractivity contribution < 1.29 is 4.74 Å². The average molecular weight is 231 g/mol. The molecule has 0 saturated heterocycles. The quantitative estimate of drug-likeness (QED) is 0.859. The van der Waals surface area contributed by atoms with Crippen LogP contribution in [-0.4, -0.2) is 16.7 Å². The van der Waals surface area contributed by atoms with E-state index >= 15 is 0 Å². The molecule has 1 N–H and O–H groups in total.